The third kappa shape index (κ3) is 3.65. The molecular formula is C15H15KN4O5S. The van der Waals surface area contributed by atoms with Crippen molar-refractivity contribution < 1.29 is 64.4 Å². The fourth-order valence-corrected chi connectivity index (χ4v) is 3.18. The molecule has 9 nitrogen and oxygen atoms in total. The molecule has 2 heterocycles. The van der Waals surface area contributed by atoms with E-state index in [2.05, 4.69) is 9.97 Å². The molecule has 2 aromatic heterocycles. The maximum Gasteiger partial charge on any atom is 1.00 e. The number of aromatic nitrogens is 4. The zero-order valence-electron chi connectivity index (χ0n) is 14.5. The number of H-pyrrole nitrogens is 1. The second-order valence-corrected chi connectivity index (χ2v) is 6.72. The van der Waals surface area contributed by atoms with Gasteiger partial charge in [0.2, 0.25) is 0 Å². The van der Waals surface area contributed by atoms with Crippen LogP contribution in [0.15, 0.2) is 38.8 Å². The van der Waals surface area contributed by atoms with Crippen LogP contribution in [0.1, 0.15) is 13.8 Å². The fraction of sp³-hybridized carbons (Fsp3) is 0.267. The molecule has 0 spiro atoms. The summed E-state index contributed by atoms with van der Waals surface area (Å²) in [6, 6.07) is 5.32. The number of hydrogen-bond donors (Lipinski definition) is 1. The number of rotatable bonds is 4. The maximum atomic E-state index is 12.5. The van der Waals surface area contributed by atoms with E-state index in [1.807, 2.05) is 0 Å². The summed E-state index contributed by atoms with van der Waals surface area (Å²) in [7, 11) is -4.61. The molecule has 0 bridgehead atoms. The van der Waals surface area contributed by atoms with Crippen molar-refractivity contribution in [1.82, 2.24) is 19.1 Å². The molecule has 0 saturated heterocycles. The monoisotopic (exact) mass is 402 g/mol. The van der Waals surface area contributed by atoms with E-state index in [9.17, 15) is 22.6 Å². The minimum absolute atomic E-state index is 0. The summed E-state index contributed by atoms with van der Waals surface area (Å²) in [5, 5.41) is 0. The summed E-state index contributed by atoms with van der Waals surface area (Å²) >= 11 is 0. The Bertz CT molecular complexity index is 1190. The van der Waals surface area contributed by atoms with E-state index in [1.165, 1.54) is 22.8 Å². The number of benzene rings is 1. The van der Waals surface area contributed by atoms with Gasteiger partial charge >= 0.3 is 57.1 Å². The van der Waals surface area contributed by atoms with Crippen LogP contribution >= 0.6 is 0 Å². The average molecular weight is 402 g/mol. The van der Waals surface area contributed by atoms with E-state index in [0.717, 1.165) is 4.57 Å². The number of nitrogens with one attached hydrogen (secondary N) is 1. The predicted octanol–water partition coefficient (Wildman–Crippen LogP) is -2.50. The molecule has 0 aliphatic carbocycles. The number of imidazole rings is 1. The SMILES string of the molecule is CCn1c(=O)c2[nH]c(-c3cccc(S(=O)(=O)[O-])c3)nc2n(CC)c1=O.[K+]. The zero-order valence-corrected chi connectivity index (χ0v) is 18.5. The number of aromatic amines is 1. The van der Waals surface area contributed by atoms with Crippen LogP contribution < -0.4 is 62.6 Å². The van der Waals surface area contributed by atoms with Crippen LogP contribution in [0.4, 0.5) is 0 Å². The Morgan fingerprint density at radius 2 is 1.81 bits per heavy atom. The molecule has 0 atom stereocenters. The van der Waals surface area contributed by atoms with Crippen molar-refractivity contribution in [3.63, 3.8) is 0 Å². The van der Waals surface area contributed by atoms with Gasteiger partial charge in [-0.1, -0.05) is 12.1 Å². The van der Waals surface area contributed by atoms with Crippen LogP contribution in [0.2, 0.25) is 0 Å². The van der Waals surface area contributed by atoms with Crippen LogP contribution in [-0.4, -0.2) is 32.1 Å². The maximum absolute atomic E-state index is 12.5. The fourth-order valence-electron chi connectivity index (χ4n) is 2.67. The van der Waals surface area contributed by atoms with E-state index in [4.69, 9.17) is 0 Å². The molecule has 26 heavy (non-hydrogen) atoms. The Hall–Kier alpha value is -1.08. The van der Waals surface area contributed by atoms with Gasteiger partial charge in [0.25, 0.3) is 5.56 Å². The second-order valence-electron chi connectivity index (χ2n) is 5.34. The summed E-state index contributed by atoms with van der Waals surface area (Å²) in [5.74, 6) is 0.202. The quantitative estimate of drug-likeness (QED) is 0.379. The minimum Gasteiger partial charge on any atom is -0.744 e. The van der Waals surface area contributed by atoms with Gasteiger partial charge in [0.05, 0.1) is 4.90 Å². The Kier molecular flexibility index (Phi) is 6.43. The first kappa shape index (κ1) is 21.2. The molecule has 3 rings (SSSR count). The van der Waals surface area contributed by atoms with Gasteiger partial charge in [-0.2, -0.15) is 0 Å². The molecular weight excluding hydrogens is 387 g/mol. The van der Waals surface area contributed by atoms with Gasteiger partial charge in [-0.05, 0) is 26.0 Å². The van der Waals surface area contributed by atoms with E-state index < -0.39 is 26.3 Å². The number of hydrogen-bond acceptors (Lipinski definition) is 6. The largest absolute Gasteiger partial charge is 1.00 e. The summed E-state index contributed by atoms with van der Waals surface area (Å²) in [5.41, 5.74) is -0.304. The second kappa shape index (κ2) is 7.88. The summed E-state index contributed by atoms with van der Waals surface area (Å²) in [6.07, 6.45) is 0. The Morgan fingerprint density at radius 3 is 2.38 bits per heavy atom. The number of aryl methyl sites for hydroxylation is 1. The number of nitrogens with zero attached hydrogens (tertiary/aromatic N) is 3. The van der Waals surface area contributed by atoms with E-state index in [-0.39, 0.29) is 74.9 Å². The predicted molar refractivity (Wildman–Crippen MR) is 89.4 cm³/mol. The molecule has 132 valence electrons. The Labute approximate surface area is 191 Å². The van der Waals surface area contributed by atoms with Gasteiger partial charge < -0.3 is 9.54 Å². The van der Waals surface area contributed by atoms with E-state index in [0.29, 0.717) is 12.1 Å². The van der Waals surface area contributed by atoms with Crippen molar-refractivity contribution in [3.05, 3.63) is 45.1 Å². The van der Waals surface area contributed by atoms with Crippen LogP contribution in [-0.2, 0) is 23.2 Å². The van der Waals surface area contributed by atoms with Crippen LogP contribution in [0.5, 0.6) is 0 Å². The van der Waals surface area contributed by atoms with E-state index >= 15 is 0 Å². The van der Waals surface area contributed by atoms with Crippen molar-refractivity contribution >= 4 is 21.3 Å². The first-order valence-corrected chi connectivity index (χ1v) is 8.98. The molecule has 0 aliphatic heterocycles. The van der Waals surface area contributed by atoms with E-state index in [1.54, 1.807) is 19.9 Å². The van der Waals surface area contributed by atoms with Gasteiger partial charge in [-0.25, -0.2) is 18.2 Å². The minimum atomic E-state index is -4.61. The first-order valence-electron chi connectivity index (χ1n) is 7.57. The van der Waals surface area contributed by atoms with Gasteiger partial charge in [-0.15, -0.1) is 0 Å². The molecule has 0 fully saturated rings. The normalized spacial score (nSPS) is 11.5. The Morgan fingerprint density at radius 1 is 1.15 bits per heavy atom. The Balaban J connectivity index is 0.00000243. The standard InChI is InChI=1S/C15H16N4O5S.K/c1-3-18-13-11(14(20)19(4-2)15(18)21)16-12(17-13)9-6-5-7-10(8-9)25(22,23)24;/h5-8H,3-4H2,1-2H3,(H,16,17)(H,22,23,24);/q;+1/p-1. The summed E-state index contributed by atoms with van der Waals surface area (Å²) in [6.45, 7) is 3.97. The molecule has 1 N–H and O–H groups in total. The average Bonchev–Trinajstić information content (AvgIpc) is 3.00. The van der Waals surface area contributed by atoms with Crippen LogP contribution in [0, 0.1) is 0 Å². The zero-order chi connectivity index (χ0) is 18.4. The van der Waals surface area contributed by atoms with Gasteiger partial charge in [0.15, 0.2) is 5.65 Å². The third-order valence-electron chi connectivity index (χ3n) is 3.89. The van der Waals surface area contributed by atoms with Gasteiger partial charge in [0, 0.05) is 18.7 Å². The van der Waals surface area contributed by atoms with Crippen molar-refractivity contribution in [2.45, 2.75) is 31.8 Å². The van der Waals surface area contributed by atoms with Crippen molar-refractivity contribution in [1.29, 1.82) is 0 Å². The van der Waals surface area contributed by atoms with Crippen molar-refractivity contribution in [2.75, 3.05) is 0 Å². The smallest absolute Gasteiger partial charge is 0.744 e. The van der Waals surface area contributed by atoms with Crippen molar-refractivity contribution in [2.24, 2.45) is 0 Å². The first-order chi connectivity index (χ1) is 11.8. The molecule has 0 aliphatic rings. The molecule has 0 radical (unpaired) electrons. The number of fused-ring (bicyclic) bond motifs is 1. The topological polar surface area (TPSA) is 130 Å². The van der Waals surface area contributed by atoms with Gasteiger partial charge in [-0.3, -0.25) is 13.9 Å². The molecule has 1 aromatic carbocycles. The molecule has 3 aromatic rings. The molecule has 0 amide bonds. The van der Waals surface area contributed by atoms with Crippen molar-refractivity contribution in [3.8, 4) is 11.4 Å². The van der Waals surface area contributed by atoms with Crippen LogP contribution in [0.25, 0.3) is 22.6 Å². The summed E-state index contributed by atoms with van der Waals surface area (Å²) < 4.78 is 36.0. The molecule has 0 saturated carbocycles. The van der Waals surface area contributed by atoms with Crippen LogP contribution in [0.3, 0.4) is 0 Å². The summed E-state index contributed by atoms with van der Waals surface area (Å²) in [4.78, 5) is 31.5. The molecule has 0 unspecified atom stereocenters. The molecule has 11 heteroatoms. The van der Waals surface area contributed by atoms with Gasteiger partial charge in [0.1, 0.15) is 21.5 Å². The third-order valence-corrected chi connectivity index (χ3v) is 4.72.